The number of methoxy groups -OCH3 is 3. The number of nitrogens with one attached hydrogen (secondary N) is 2. The molecule has 3 N–H and O–H groups in total. The molecule has 226 valence electrons. The zero-order chi connectivity index (χ0) is 30.0. The van der Waals surface area contributed by atoms with Gasteiger partial charge in [-0.15, -0.1) is 0 Å². The van der Waals surface area contributed by atoms with Crippen LogP contribution in [0.25, 0.3) is 0 Å². The van der Waals surface area contributed by atoms with E-state index in [2.05, 4.69) is 15.4 Å². The van der Waals surface area contributed by atoms with Gasteiger partial charge in [0.25, 0.3) is 0 Å². The molecule has 2 rings (SSSR count). The second-order valence-corrected chi connectivity index (χ2v) is 11.6. The van der Waals surface area contributed by atoms with E-state index in [9.17, 15) is 24.3 Å². The summed E-state index contributed by atoms with van der Waals surface area (Å²) in [7, 11) is 4.17. The molecule has 0 unspecified atom stereocenters. The van der Waals surface area contributed by atoms with Crippen molar-refractivity contribution < 1.29 is 52.7 Å². The van der Waals surface area contributed by atoms with E-state index in [1.807, 2.05) is 0 Å². The van der Waals surface area contributed by atoms with Gasteiger partial charge in [-0.05, 0) is 67.2 Å². The average Bonchev–Trinajstić information content (AvgIpc) is 3.37. The maximum atomic E-state index is 11.8. The predicted octanol–water partition coefficient (Wildman–Crippen LogP) is 2.28. The molecule has 0 aromatic heterocycles. The van der Waals surface area contributed by atoms with Crippen LogP contribution in [0.1, 0.15) is 67.2 Å². The van der Waals surface area contributed by atoms with Crippen LogP contribution in [0.4, 0.5) is 9.59 Å². The fourth-order valence-electron chi connectivity index (χ4n) is 4.30. The number of rotatable bonds is 7. The molecule has 2 amide bonds. The second-order valence-electron chi connectivity index (χ2n) is 11.6. The highest BCUT2D eigenvalue weighted by Crippen LogP contribution is 2.30. The Morgan fingerprint density at radius 3 is 1.59 bits per heavy atom. The van der Waals surface area contributed by atoms with E-state index in [0.717, 1.165) is 0 Å². The molecule has 0 bridgehead atoms. The van der Waals surface area contributed by atoms with Gasteiger partial charge in [0.2, 0.25) is 0 Å². The van der Waals surface area contributed by atoms with Crippen LogP contribution in [0.5, 0.6) is 0 Å². The topological polar surface area (TPSA) is 168 Å². The third-order valence-corrected chi connectivity index (χ3v) is 5.91. The Bertz CT molecular complexity index is 822. The van der Waals surface area contributed by atoms with Crippen molar-refractivity contribution in [3.05, 3.63) is 0 Å². The minimum Gasteiger partial charge on any atom is -0.469 e. The first kappa shape index (κ1) is 34.4. The Hall–Kier alpha value is -2.64. The molecule has 2 aliphatic carbocycles. The van der Waals surface area contributed by atoms with Gasteiger partial charge in [-0.2, -0.15) is 0 Å². The van der Waals surface area contributed by atoms with Gasteiger partial charge in [0.15, 0.2) is 0 Å². The minimum absolute atomic E-state index is 0.102. The number of carbonyl (C=O) groups is 4. The van der Waals surface area contributed by atoms with Gasteiger partial charge in [-0.3, -0.25) is 9.59 Å². The first-order chi connectivity index (χ1) is 18.0. The molecule has 2 fully saturated rings. The van der Waals surface area contributed by atoms with E-state index < -0.39 is 35.5 Å². The molecule has 2 saturated carbocycles. The Balaban J connectivity index is 0.000000395. The van der Waals surface area contributed by atoms with Gasteiger partial charge in [-0.1, -0.05) is 0 Å². The van der Waals surface area contributed by atoms with Crippen LogP contribution in [0.2, 0.25) is 0 Å². The van der Waals surface area contributed by atoms with Crippen LogP contribution in [0, 0.1) is 11.8 Å². The predicted molar refractivity (Wildman–Crippen MR) is 139 cm³/mol. The van der Waals surface area contributed by atoms with E-state index in [1.165, 1.54) is 21.3 Å². The van der Waals surface area contributed by atoms with E-state index in [-0.39, 0.29) is 42.7 Å². The van der Waals surface area contributed by atoms with Crippen LogP contribution in [0.3, 0.4) is 0 Å². The molecule has 0 aromatic rings. The summed E-state index contributed by atoms with van der Waals surface area (Å²) >= 11 is 0. The summed E-state index contributed by atoms with van der Waals surface area (Å²) in [5, 5.41) is 15.1. The van der Waals surface area contributed by atoms with Crippen molar-refractivity contribution in [2.75, 3.05) is 28.1 Å². The van der Waals surface area contributed by atoms with Crippen molar-refractivity contribution in [2.24, 2.45) is 11.8 Å². The monoisotopic (exact) mass is 562 g/mol. The number of hydrogen-bond acceptors (Lipinski definition) is 11. The molecule has 0 aliphatic heterocycles. The summed E-state index contributed by atoms with van der Waals surface area (Å²) in [4.78, 5) is 46.4. The van der Waals surface area contributed by atoms with Gasteiger partial charge < -0.3 is 44.2 Å². The summed E-state index contributed by atoms with van der Waals surface area (Å²) < 4.78 is 30.1. The molecule has 39 heavy (non-hydrogen) atoms. The highest BCUT2D eigenvalue weighted by Gasteiger charge is 2.41. The van der Waals surface area contributed by atoms with E-state index in [1.54, 1.807) is 41.5 Å². The van der Waals surface area contributed by atoms with E-state index >= 15 is 0 Å². The molecule has 13 heteroatoms. The number of hydrogen-bond donors (Lipinski definition) is 3. The number of aliphatic hydroxyl groups excluding tert-OH is 1. The van der Waals surface area contributed by atoms with Gasteiger partial charge in [0.1, 0.15) is 18.0 Å². The average molecular weight is 563 g/mol. The van der Waals surface area contributed by atoms with Crippen LogP contribution < -0.4 is 10.6 Å². The Kier molecular flexibility index (Phi) is 13.4. The standard InChI is InChI=1S/C14H25NO6.C12H21NO5/c1-14(2,3)21-13(17)15-10-6-9(12(16)19-5)7-11(10)20-8-18-4;1-12(2,3)18-11(16)13-8-5-7(6-9(8)14)10(15)17-4/h9-11H,6-8H2,1-5H3,(H,15,17);7-9,14H,5-6H2,1-4H3,(H,13,16)/t9-,10+,11+;7-,8+,9+/m00/s1. The van der Waals surface area contributed by atoms with Crippen molar-refractivity contribution >= 4 is 24.1 Å². The third kappa shape index (κ3) is 12.8. The molecular weight excluding hydrogens is 516 g/mol. The number of alkyl carbamates (subject to hydrolysis) is 2. The van der Waals surface area contributed by atoms with E-state index in [0.29, 0.717) is 25.7 Å². The van der Waals surface area contributed by atoms with Crippen molar-refractivity contribution in [3.8, 4) is 0 Å². The van der Waals surface area contributed by atoms with Crippen molar-refractivity contribution in [3.63, 3.8) is 0 Å². The Morgan fingerprint density at radius 2 is 1.15 bits per heavy atom. The molecule has 2 aliphatic rings. The van der Waals surface area contributed by atoms with Crippen molar-refractivity contribution in [2.45, 2.75) is 103 Å². The summed E-state index contributed by atoms with van der Waals surface area (Å²) in [5.74, 6) is -1.32. The first-order valence-corrected chi connectivity index (χ1v) is 12.9. The highest BCUT2D eigenvalue weighted by atomic mass is 16.7. The minimum atomic E-state index is -0.749. The maximum absolute atomic E-state index is 11.8. The van der Waals surface area contributed by atoms with Crippen LogP contribution in [-0.4, -0.2) is 92.8 Å². The Morgan fingerprint density at radius 1 is 0.718 bits per heavy atom. The number of amides is 2. The molecule has 6 atom stereocenters. The maximum Gasteiger partial charge on any atom is 0.407 e. The zero-order valence-corrected chi connectivity index (χ0v) is 24.5. The van der Waals surface area contributed by atoms with Crippen LogP contribution >= 0.6 is 0 Å². The van der Waals surface area contributed by atoms with Gasteiger partial charge in [-0.25, -0.2) is 9.59 Å². The number of aliphatic hydroxyl groups is 1. The summed E-state index contributed by atoms with van der Waals surface area (Å²) in [6.07, 6.45) is -0.555. The van der Waals surface area contributed by atoms with Crippen LogP contribution in [0.15, 0.2) is 0 Å². The molecular formula is C26H46N2O11. The van der Waals surface area contributed by atoms with Gasteiger partial charge in [0.05, 0.1) is 50.3 Å². The Labute approximate surface area is 230 Å². The summed E-state index contributed by atoms with van der Waals surface area (Å²) in [5.41, 5.74) is -1.16. The summed E-state index contributed by atoms with van der Waals surface area (Å²) in [6, 6.07) is -0.775. The number of carbonyl (C=O) groups excluding carboxylic acids is 4. The largest absolute Gasteiger partial charge is 0.469 e. The van der Waals surface area contributed by atoms with Gasteiger partial charge >= 0.3 is 24.1 Å². The first-order valence-electron chi connectivity index (χ1n) is 12.9. The normalized spacial score (nSPS) is 26.5. The van der Waals surface area contributed by atoms with E-state index in [4.69, 9.17) is 23.7 Å². The number of esters is 2. The lowest BCUT2D eigenvalue weighted by Crippen LogP contribution is -2.43. The third-order valence-electron chi connectivity index (χ3n) is 5.91. The second kappa shape index (κ2) is 15.2. The highest BCUT2D eigenvalue weighted by molar-refractivity contribution is 5.74. The molecule has 13 nitrogen and oxygen atoms in total. The SMILES string of the molecule is COC(=O)[C@@H]1C[C@@H](O)[C@H](NC(=O)OC(C)(C)C)C1.COCO[C@@H]1C[C@@H](C(=O)OC)C[C@H]1NC(=O)OC(C)(C)C. The lowest BCUT2D eigenvalue weighted by molar-refractivity contribution is -0.146. The molecule has 0 heterocycles. The quantitative estimate of drug-likeness (QED) is 0.236. The van der Waals surface area contributed by atoms with Crippen molar-refractivity contribution in [1.29, 1.82) is 0 Å². The molecule has 0 saturated heterocycles. The summed E-state index contributed by atoms with van der Waals surface area (Å²) in [6.45, 7) is 10.7. The molecule has 0 aromatic carbocycles. The smallest absolute Gasteiger partial charge is 0.407 e. The fraction of sp³-hybridized carbons (Fsp3) is 0.846. The number of ether oxygens (including phenoxy) is 6. The molecule has 0 spiro atoms. The van der Waals surface area contributed by atoms with Gasteiger partial charge in [0, 0.05) is 7.11 Å². The van der Waals surface area contributed by atoms with Crippen LogP contribution in [-0.2, 0) is 38.0 Å². The van der Waals surface area contributed by atoms with Crippen molar-refractivity contribution in [1.82, 2.24) is 10.6 Å². The lowest BCUT2D eigenvalue weighted by Gasteiger charge is -2.24. The zero-order valence-electron chi connectivity index (χ0n) is 24.5. The molecule has 0 radical (unpaired) electrons. The fourth-order valence-corrected chi connectivity index (χ4v) is 4.30. The lowest BCUT2D eigenvalue weighted by atomic mass is 10.1.